The molecular formula is C11H17NaO7S. The molecule has 0 aromatic heterocycles. The SMILES string of the molecule is O=C(CC(C(=O)O)S(=O)(=O)[O-])OC1CCCCCC1.[Na+]. The number of aliphatic carboxylic acids is 1. The van der Waals surface area contributed by atoms with Crippen LogP contribution in [0.1, 0.15) is 44.9 Å². The van der Waals surface area contributed by atoms with Gasteiger partial charge >= 0.3 is 41.5 Å². The first-order chi connectivity index (χ1) is 8.80. The topological polar surface area (TPSA) is 121 Å². The molecule has 0 heterocycles. The van der Waals surface area contributed by atoms with E-state index in [0.29, 0.717) is 12.8 Å². The van der Waals surface area contributed by atoms with Crippen molar-refractivity contribution < 1.29 is 62.0 Å². The number of hydrogen-bond donors (Lipinski definition) is 1. The normalized spacial score (nSPS) is 18.4. The molecule has 0 radical (unpaired) electrons. The molecule has 1 saturated carbocycles. The zero-order chi connectivity index (χ0) is 14.5. The molecule has 20 heavy (non-hydrogen) atoms. The van der Waals surface area contributed by atoms with Gasteiger partial charge in [-0.2, -0.15) is 0 Å². The van der Waals surface area contributed by atoms with Crippen molar-refractivity contribution in [3.8, 4) is 0 Å². The molecule has 0 aromatic rings. The molecule has 1 N–H and O–H groups in total. The summed E-state index contributed by atoms with van der Waals surface area (Å²) in [5, 5.41) is 6.35. The van der Waals surface area contributed by atoms with E-state index < -0.39 is 33.7 Å². The molecular weight excluding hydrogens is 299 g/mol. The van der Waals surface area contributed by atoms with E-state index in [1.54, 1.807) is 0 Å². The second-order valence-electron chi connectivity index (χ2n) is 4.63. The van der Waals surface area contributed by atoms with Gasteiger partial charge in [-0.05, 0) is 25.7 Å². The Morgan fingerprint density at radius 3 is 2.10 bits per heavy atom. The van der Waals surface area contributed by atoms with Crippen LogP contribution in [-0.2, 0) is 24.4 Å². The van der Waals surface area contributed by atoms with Crippen LogP contribution >= 0.6 is 0 Å². The van der Waals surface area contributed by atoms with Crippen LogP contribution in [0.5, 0.6) is 0 Å². The van der Waals surface area contributed by atoms with E-state index in [-0.39, 0.29) is 35.7 Å². The molecule has 0 spiro atoms. The Morgan fingerprint density at radius 1 is 1.20 bits per heavy atom. The third-order valence-electron chi connectivity index (χ3n) is 3.08. The Balaban J connectivity index is 0.00000361. The molecule has 9 heteroatoms. The van der Waals surface area contributed by atoms with E-state index >= 15 is 0 Å². The predicted octanol–water partition coefficient (Wildman–Crippen LogP) is -2.36. The number of carboxylic acids is 1. The summed E-state index contributed by atoms with van der Waals surface area (Å²) in [7, 11) is -5.06. The van der Waals surface area contributed by atoms with Gasteiger partial charge in [-0.15, -0.1) is 0 Å². The monoisotopic (exact) mass is 316 g/mol. The first-order valence-electron chi connectivity index (χ1n) is 6.17. The number of esters is 1. The van der Waals surface area contributed by atoms with E-state index in [9.17, 15) is 22.6 Å². The van der Waals surface area contributed by atoms with Crippen molar-refractivity contribution in [1.82, 2.24) is 0 Å². The molecule has 1 rings (SSSR count). The molecule has 1 fully saturated rings. The van der Waals surface area contributed by atoms with Crippen molar-refractivity contribution in [2.45, 2.75) is 56.3 Å². The average Bonchev–Trinajstić information content (AvgIpc) is 2.52. The standard InChI is InChI=1S/C11H18O7S.Na/c12-10(7-9(11(13)14)19(15,16)17)18-8-5-3-1-2-4-6-8;/h8-9H,1-7H2,(H,13,14)(H,15,16,17);/q;+1/p-1. The van der Waals surface area contributed by atoms with Crippen LogP contribution in [0.2, 0.25) is 0 Å². The molecule has 0 aliphatic heterocycles. The van der Waals surface area contributed by atoms with Crippen molar-refractivity contribution in [3.05, 3.63) is 0 Å². The molecule has 1 aliphatic carbocycles. The Kier molecular flexibility index (Phi) is 8.92. The van der Waals surface area contributed by atoms with Gasteiger partial charge in [0.05, 0.1) is 6.42 Å². The van der Waals surface area contributed by atoms with Crippen LogP contribution in [0, 0.1) is 0 Å². The summed E-state index contributed by atoms with van der Waals surface area (Å²) in [4.78, 5) is 22.1. The van der Waals surface area contributed by atoms with Gasteiger partial charge < -0.3 is 14.4 Å². The van der Waals surface area contributed by atoms with Crippen LogP contribution in [0.3, 0.4) is 0 Å². The fourth-order valence-corrected chi connectivity index (χ4v) is 2.65. The van der Waals surface area contributed by atoms with Crippen molar-refractivity contribution in [2.75, 3.05) is 0 Å². The number of carbonyl (C=O) groups is 2. The van der Waals surface area contributed by atoms with Crippen molar-refractivity contribution in [2.24, 2.45) is 0 Å². The number of carboxylic acid groups (broad SMARTS) is 1. The van der Waals surface area contributed by atoms with Gasteiger partial charge in [0.2, 0.25) is 0 Å². The molecule has 7 nitrogen and oxygen atoms in total. The maximum Gasteiger partial charge on any atom is 1.00 e. The number of rotatable bonds is 5. The number of ether oxygens (including phenoxy) is 1. The number of carbonyl (C=O) groups excluding carboxylic acids is 1. The van der Waals surface area contributed by atoms with Crippen LogP contribution in [0.15, 0.2) is 0 Å². The second-order valence-corrected chi connectivity index (χ2v) is 6.18. The molecule has 1 unspecified atom stereocenters. The first-order valence-corrected chi connectivity index (χ1v) is 7.65. The Hall–Kier alpha value is -0.150. The fraction of sp³-hybridized carbons (Fsp3) is 0.818. The van der Waals surface area contributed by atoms with E-state index in [1.165, 1.54) is 0 Å². The largest absolute Gasteiger partial charge is 1.00 e. The summed E-state index contributed by atoms with van der Waals surface area (Å²) in [5.41, 5.74) is 0. The molecule has 0 saturated heterocycles. The Labute approximate surface area is 140 Å². The summed E-state index contributed by atoms with van der Waals surface area (Å²) in [6.45, 7) is 0. The number of hydrogen-bond acceptors (Lipinski definition) is 6. The third kappa shape index (κ3) is 7.03. The average molecular weight is 316 g/mol. The fourth-order valence-electron chi connectivity index (χ4n) is 2.06. The van der Waals surface area contributed by atoms with Gasteiger partial charge in [0.15, 0.2) is 5.25 Å². The van der Waals surface area contributed by atoms with Crippen LogP contribution in [0.25, 0.3) is 0 Å². The summed E-state index contributed by atoms with van der Waals surface area (Å²) >= 11 is 0. The zero-order valence-corrected chi connectivity index (χ0v) is 14.2. The van der Waals surface area contributed by atoms with Crippen LogP contribution in [0.4, 0.5) is 0 Å². The predicted molar refractivity (Wildman–Crippen MR) is 63.3 cm³/mol. The summed E-state index contributed by atoms with van der Waals surface area (Å²) in [6, 6.07) is 0. The van der Waals surface area contributed by atoms with Gasteiger partial charge in [-0.25, -0.2) is 8.42 Å². The zero-order valence-electron chi connectivity index (χ0n) is 11.4. The van der Waals surface area contributed by atoms with Gasteiger partial charge in [-0.1, -0.05) is 12.8 Å². The second kappa shape index (κ2) is 8.99. The molecule has 0 bridgehead atoms. The van der Waals surface area contributed by atoms with Crippen molar-refractivity contribution >= 4 is 22.1 Å². The minimum atomic E-state index is -5.06. The first kappa shape index (κ1) is 19.9. The van der Waals surface area contributed by atoms with Gasteiger partial charge in [-0.3, -0.25) is 9.59 Å². The minimum absolute atomic E-state index is 0. The minimum Gasteiger partial charge on any atom is -0.747 e. The van der Waals surface area contributed by atoms with Crippen molar-refractivity contribution in [3.63, 3.8) is 0 Å². The maximum atomic E-state index is 11.5. The molecule has 0 aromatic carbocycles. The van der Waals surface area contributed by atoms with E-state index in [2.05, 4.69) is 0 Å². The van der Waals surface area contributed by atoms with Gasteiger partial charge in [0, 0.05) is 0 Å². The molecule has 1 aliphatic rings. The van der Waals surface area contributed by atoms with Crippen LogP contribution < -0.4 is 29.6 Å². The van der Waals surface area contributed by atoms with E-state index in [4.69, 9.17) is 9.84 Å². The van der Waals surface area contributed by atoms with Crippen LogP contribution in [-0.4, -0.2) is 41.4 Å². The summed E-state index contributed by atoms with van der Waals surface area (Å²) in [6.07, 6.45) is 4.08. The van der Waals surface area contributed by atoms with Crippen molar-refractivity contribution in [1.29, 1.82) is 0 Å². The van der Waals surface area contributed by atoms with Gasteiger partial charge in [0.25, 0.3) is 0 Å². The van der Waals surface area contributed by atoms with E-state index in [0.717, 1.165) is 25.7 Å². The molecule has 0 amide bonds. The molecule has 110 valence electrons. The van der Waals surface area contributed by atoms with Gasteiger partial charge in [0.1, 0.15) is 16.2 Å². The quantitative estimate of drug-likeness (QED) is 0.261. The molecule has 1 atom stereocenters. The maximum absolute atomic E-state index is 11.5. The Bertz CT molecular complexity index is 426. The summed E-state index contributed by atoms with van der Waals surface area (Å²) < 4.78 is 37.2. The smallest absolute Gasteiger partial charge is 0.747 e. The third-order valence-corrected chi connectivity index (χ3v) is 4.14. The Morgan fingerprint density at radius 2 is 1.70 bits per heavy atom. The summed E-state index contributed by atoms with van der Waals surface area (Å²) in [5.74, 6) is -2.77. The van der Waals surface area contributed by atoms with E-state index in [1.807, 2.05) is 0 Å².